The van der Waals surface area contributed by atoms with Gasteiger partial charge in [0.2, 0.25) is 21.8 Å². The Bertz CT molecular complexity index is 2650. The summed E-state index contributed by atoms with van der Waals surface area (Å²) in [5.74, 6) is -0.557. The molecule has 4 saturated carbocycles. The molecule has 16 heteroatoms. The lowest BCUT2D eigenvalue weighted by Crippen LogP contribution is -2.52. The minimum Gasteiger partial charge on any atom is -0.459 e. The van der Waals surface area contributed by atoms with Crippen LogP contribution in [0.25, 0.3) is 32.9 Å². The monoisotopic (exact) mass is 922 g/mol. The predicted octanol–water partition coefficient (Wildman–Crippen LogP) is 8.13. The number of hydrogen-bond donors (Lipinski definition) is 2. The number of imidazole rings is 1. The maximum absolute atomic E-state index is 14.9. The van der Waals surface area contributed by atoms with Gasteiger partial charge < -0.3 is 19.7 Å². The van der Waals surface area contributed by atoms with Crippen molar-refractivity contribution in [1.29, 1.82) is 0 Å². The Kier molecular flexibility index (Phi) is 11.4. The number of hydrogen-bond acceptors (Lipinski definition) is 11. The van der Waals surface area contributed by atoms with Crippen molar-refractivity contribution in [2.75, 3.05) is 6.54 Å². The van der Waals surface area contributed by atoms with Crippen molar-refractivity contribution in [2.45, 2.75) is 139 Å². The number of nitrogens with one attached hydrogen (secondary N) is 2. The van der Waals surface area contributed by atoms with Gasteiger partial charge in [0.1, 0.15) is 28.8 Å². The van der Waals surface area contributed by atoms with E-state index in [4.69, 9.17) is 19.4 Å². The van der Waals surface area contributed by atoms with Gasteiger partial charge in [0.15, 0.2) is 5.78 Å². The van der Waals surface area contributed by atoms with Gasteiger partial charge in [-0.05, 0) is 108 Å². The fourth-order valence-electron chi connectivity index (χ4n) is 10.5. The van der Waals surface area contributed by atoms with E-state index in [9.17, 15) is 27.6 Å². The summed E-state index contributed by atoms with van der Waals surface area (Å²) >= 11 is 1.54. The van der Waals surface area contributed by atoms with Crippen LogP contribution < -0.4 is 14.8 Å². The molecule has 3 amide bonds. The maximum Gasteiger partial charge on any atom is 0.408 e. The second-order valence-electron chi connectivity index (χ2n) is 19.9. The Morgan fingerprint density at radius 3 is 2.48 bits per heavy atom. The van der Waals surface area contributed by atoms with E-state index >= 15 is 0 Å². The van der Waals surface area contributed by atoms with E-state index in [0.29, 0.717) is 55.5 Å². The smallest absolute Gasteiger partial charge is 0.408 e. The Labute approximate surface area is 384 Å². The Hall–Kier alpha value is -5.09. The molecule has 4 aliphatic carbocycles. The van der Waals surface area contributed by atoms with Crippen LogP contribution in [0.1, 0.15) is 110 Å². The highest BCUT2D eigenvalue weighted by atomic mass is 32.2. The van der Waals surface area contributed by atoms with Crippen molar-refractivity contribution < 1.29 is 37.1 Å². The molecule has 5 fully saturated rings. The van der Waals surface area contributed by atoms with E-state index in [1.165, 1.54) is 22.7 Å². The number of rotatable bonds is 10. The van der Waals surface area contributed by atoms with Gasteiger partial charge in [-0.1, -0.05) is 61.4 Å². The molecule has 0 bridgehead atoms. The molecule has 344 valence electrons. The molecule has 65 heavy (non-hydrogen) atoms. The summed E-state index contributed by atoms with van der Waals surface area (Å²) in [5.41, 5.74) is 3.03. The Balaban J connectivity index is 0.955. The number of sulfonamides is 1. The highest BCUT2D eigenvalue weighted by molar-refractivity contribution is 7.91. The van der Waals surface area contributed by atoms with E-state index in [1.807, 2.05) is 84.5 Å². The number of thiazole rings is 1. The van der Waals surface area contributed by atoms with Crippen LogP contribution >= 0.6 is 11.3 Å². The van der Waals surface area contributed by atoms with Crippen LogP contribution in [0.5, 0.6) is 6.01 Å². The van der Waals surface area contributed by atoms with E-state index in [1.54, 1.807) is 6.92 Å². The van der Waals surface area contributed by atoms with Gasteiger partial charge in [-0.3, -0.25) is 23.7 Å². The van der Waals surface area contributed by atoms with Gasteiger partial charge in [0, 0.05) is 35.4 Å². The molecule has 1 saturated heterocycles. The van der Waals surface area contributed by atoms with E-state index in [2.05, 4.69) is 10.0 Å². The van der Waals surface area contributed by atoms with E-state index < -0.39 is 56.3 Å². The molecule has 0 spiro atoms. The first-order valence-corrected chi connectivity index (χ1v) is 25.8. The van der Waals surface area contributed by atoms with Crippen LogP contribution in [0.3, 0.4) is 0 Å². The lowest BCUT2D eigenvalue weighted by atomic mass is 9.91. The van der Waals surface area contributed by atoms with Gasteiger partial charge in [0.05, 0.1) is 34.0 Å². The van der Waals surface area contributed by atoms with Crippen molar-refractivity contribution >= 4 is 56.1 Å². The van der Waals surface area contributed by atoms with Gasteiger partial charge in [0.25, 0.3) is 6.01 Å². The first-order valence-electron chi connectivity index (χ1n) is 23.4. The molecule has 10 rings (SSSR count). The first-order chi connectivity index (χ1) is 31.2. The molecule has 2 aromatic carbocycles. The minimum absolute atomic E-state index is 0.0325. The number of alkyl carbamates (subject to hydrolysis) is 1. The third-order valence-corrected chi connectivity index (χ3v) is 17.9. The number of ketones is 1. The van der Waals surface area contributed by atoms with Crippen molar-refractivity contribution in [1.82, 2.24) is 29.5 Å². The number of aromatic nitrogens is 3. The van der Waals surface area contributed by atoms with E-state index in [0.717, 1.165) is 59.4 Å². The molecule has 2 aliphatic heterocycles. The summed E-state index contributed by atoms with van der Waals surface area (Å²) in [5, 5.41) is 5.75. The van der Waals surface area contributed by atoms with Crippen LogP contribution in [0, 0.1) is 23.2 Å². The van der Waals surface area contributed by atoms with Crippen LogP contribution in [0.4, 0.5) is 4.79 Å². The minimum atomic E-state index is -3.97. The molecule has 8 atom stereocenters. The highest BCUT2D eigenvalue weighted by Gasteiger charge is 2.63. The third kappa shape index (κ3) is 8.60. The van der Waals surface area contributed by atoms with Gasteiger partial charge in [-0.2, -0.15) is 4.98 Å². The second-order valence-corrected chi connectivity index (χ2v) is 23.0. The lowest BCUT2D eigenvalue weighted by Gasteiger charge is -2.29. The fraction of sp³-hybridized carbons (Fsp3) is 0.551. The number of fused-ring (bicyclic) bond motifs is 4. The molecule has 4 heterocycles. The van der Waals surface area contributed by atoms with Gasteiger partial charge in [-0.25, -0.2) is 18.2 Å². The van der Waals surface area contributed by atoms with Crippen LogP contribution in [-0.4, -0.2) is 87.1 Å². The number of amides is 3. The summed E-state index contributed by atoms with van der Waals surface area (Å²) in [6, 6.07) is 14.3. The number of Topliss-reactive ketones (excluding diaryl/α,β-unsaturated/α-hetero) is 1. The predicted molar refractivity (Wildman–Crippen MR) is 246 cm³/mol. The maximum atomic E-state index is 14.9. The largest absolute Gasteiger partial charge is 0.459 e. The third-order valence-electron chi connectivity index (χ3n) is 14.9. The SMILES string of the molecule is CC(C)n1c(O[C@@H]2C[C@H]3C(=O)C[C@]4(C(=O)NS(=O)(=O)C5(C)CC5)C[C@H]4/C=C\CCCCC[C@H](NC(=O)OC4C[C@@H]5C[C@@H]5C4)C(=O)N3C2)nc2c(-c3nc(-c4ccccc4)cs3)cccc21. The Morgan fingerprint density at radius 1 is 0.938 bits per heavy atom. The quantitative estimate of drug-likeness (QED) is 0.148. The number of benzene rings is 2. The molecule has 2 N–H and O–H groups in total. The van der Waals surface area contributed by atoms with Gasteiger partial charge in [-0.15, -0.1) is 11.3 Å². The summed E-state index contributed by atoms with van der Waals surface area (Å²) in [6.07, 6.45) is 9.79. The van der Waals surface area contributed by atoms with Crippen molar-refractivity contribution in [2.24, 2.45) is 23.2 Å². The molecule has 14 nitrogen and oxygen atoms in total. The van der Waals surface area contributed by atoms with Crippen LogP contribution in [0.15, 0.2) is 66.1 Å². The number of para-hydroxylation sites is 1. The molecule has 2 aromatic heterocycles. The summed E-state index contributed by atoms with van der Waals surface area (Å²) in [6.45, 7) is 5.74. The van der Waals surface area contributed by atoms with Crippen molar-refractivity contribution in [3.05, 3.63) is 66.1 Å². The van der Waals surface area contributed by atoms with Gasteiger partial charge >= 0.3 is 6.09 Å². The average molecular weight is 923 g/mol. The van der Waals surface area contributed by atoms with Crippen LogP contribution in [0.2, 0.25) is 0 Å². The van der Waals surface area contributed by atoms with Crippen molar-refractivity contribution in [3.8, 4) is 27.8 Å². The molecule has 4 aromatic rings. The molecular formula is C49H58N6O8S2. The van der Waals surface area contributed by atoms with Crippen molar-refractivity contribution in [3.63, 3.8) is 0 Å². The summed E-state index contributed by atoms with van der Waals surface area (Å²) < 4.78 is 42.7. The standard InChI is InChI=1S/C49H58N6O8S2/c1-29(2)55-39-18-12-16-36(43-50-38(28-64-43)30-13-8-7-9-14-30)42(39)52-46(55)62-35-24-40-41(56)26-49(45(58)53-65(60,61)48(3)19-20-48)25-33(49)15-10-5-4-6-11-17-37(44(57)54(40)27-35)51-47(59)63-34-22-31-21-32(31)23-34/h7-10,12-16,18,28-29,31-35,37,40H,4-6,11,17,19-27H2,1-3H3,(H,51,59)(H,53,58)/b15-10-/t31-,32+,33-,34?,35-,37+,40+,49-/m1/s1. The zero-order valence-electron chi connectivity index (χ0n) is 37.2. The molecular weight excluding hydrogens is 865 g/mol. The number of allylic oxidation sites excluding steroid dienone is 2. The highest BCUT2D eigenvalue weighted by Crippen LogP contribution is 2.58. The first kappa shape index (κ1) is 43.8. The summed E-state index contributed by atoms with van der Waals surface area (Å²) in [4.78, 5) is 68.9. The zero-order chi connectivity index (χ0) is 45.3. The molecule has 0 radical (unpaired) electrons. The fourth-order valence-corrected chi connectivity index (χ4v) is 12.7. The number of carbonyl (C=O) groups is 4. The Morgan fingerprint density at radius 2 is 1.72 bits per heavy atom. The zero-order valence-corrected chi connectivity index (χ0v) is 38.9. The second kappa shape index (κ2) is 17.0. The topological polar surface area (TPSA) is 179 Å². The normalized spacial score (nSPS) is 30.1. The van der Waals surface area contributed by atoms with E-state index in [-0.39, 0.29) is 43.2 Å². The number of carbonyl (C=O) groups excluding carboxylic acids is 4. The molecule has 6 aliphatic rings. The number of ether oxygens (including phenoxy) is 2. The average Bonchev–Trinajstić information content (AvgIpc) is 4.14. The lowest BCUT2D eigenvalue weighted by molar-refractivity contribution is -0.140. The number of nitrogens with zero attached hydrogens (tertiary/aromatic N) is 4. The van der Waals surface area contributed by atoms with Crippen LogP contribution in [-0.2, 0) is 29.1 Å². The molecule has 1 unspecified atom stereocenters. The summed E-state index contributed by atoms with van der Waals surface area (Å²) in [7, 11) is -3.97.